The monoisotopic (exact) mass is 377 g/mol. The number of hydrogen-bond acceptors (Lipinski definition) is 3. The molecule has 0 saturated heterocycles. The molecule has 28 heavy (non-hydrogen) atoms. The second-order valence-electron chi connectivity index (χ2n) is 8.42. The summed E-state index contributed by atoms with van der Waals surface area (Å²) in [5, 5.41) is 3.39. The third-order valence-corrected chi connectivity index (χ3v) is 4.92. The zero-order valence-electron chi connectivity index (χ0n) is 17.4. The molecule has 3 aromatic rings. The number of amides is 1. The van der Waals surface area contributed by atoms with E-state index in [2.05, 4.69) is 28.5 Å². The molecule has 1 N–H and O–H groups in total. The van der Waals surface area contributed by atoms with Gasteiger partial charge in [0.2, 0.25) is 5.91 Å². The van der Waals surface area contributed by atoms with E-state index in [9.17, 15) is 9.59 Å². The first-order valence-electron chi connectivity index (χ1n) is 9.45. The van der Waals surface area contributed by atoms with Crippen LogP contribution in [0.2, 0.25) is 0 Å². The number of aryl methyl sites for hydroxylation is 3. The van der Waals surface area contributed by atoms with Gasteiger partial charge in [-0.1, -0.05) is 44.5 Å². The quantitative estimate of drug-likeness (QED) is 0.738. The minimum atomic E-state index is -0.511. The number of fused-ring (bicyclic) bond motifs is 1. The molecule has 3 rings (SSSR count). The lowest BCUT2D eigenvalue weighted by Crippen LogP contribution is -2.28. The number of benzene rings is 2. The Bertz CT molecular complexity index is 1120. The van der Waals surface area contributed by atoms with Crippen LogP contribution in [0.3, 0.4) is 0 Å². The normalized spacial score (nSPS) is 11.6. The van der Waals surface area contributed by atoms with Gasteiger partial charge in [0.15, 0.2) is 0 Å². The number of carbonyl (C=O) groups is 1. The molecule has 1 heterocycles. The van der Waals surface area contributed by atoms with Gasteiger partial charge in [-0.25, -0.2) is 4.98 Å². The standard InChI is InChI=1S/C23H27N3O2/c1-14-7-8-15(2)17(11-14)13-26-16(3)24-20-10-9-18(12-19(20)21(26)27)25-22(28)23(4,5)6/h7-12H,13H2,1-6H3,(H,25,28). The zero-order chi connectivity index (χ0) is 20.6. The smallest absolute Gasteiger partial charge is 0.261 e. The molecule has 2 aromatic carbocycles. The predicted octanol–water partition coefficient (Wildman–Crippen LogP) is 4.35. The number of nitrogens with zero attached hydrogens (tertiary/aromatic N) is 2. The number of rotatable bonds is 3. The fourth-order valence-corrected chi connectivity index (χ4v) is 3.06. The van der Waals surface area contributed by atoms with E-state index in [-0.39, 0.29) is 11.5 Å². The van der Waals surface area contributed by atoms with Crippen molar-refractivity contribution >= 4 is 22.5 Å². The van der Waals surface area contributed by atoms with Crippen LogP contribution in [-0.2, 0) is 11.3 Å². The second-order valence-corrected chi connectivity index (χ2v) is 8.42. The maximum Gasteiger partial charge on any atom is 0.261 e. The van der Waals surface area contributed by atoms with Crippen molar-refractivity contribution in [3.05, 3.63) is 69.3 Å². The van der Waals surface area contributed by atoms with E-state index >= 15 is 0 Å². The molecule has 0 spiro atoms. The van der Waals surface area contributed by atoms with Crippen LogP contribution >= 0.6 is 0 Å². The summed E-state index contributed by atoms with van der Waals surface area (Å²) in [7, 11) is 0. The Kier molecular flexibility index (Phi) is 5.11. The van der Waals surface area contributed by atoms with Crippen LogP contribution in [0.1, 0.15) is 43.3 Å². The Morgan fingerprint density at radius 2 is 1.79 bits per heavy atom. The molecule has 0 aliphatic rings. The van der Waals surface area contributed by atoms with E-state index in [4.69, 9.17) is 0 Å². The first-order valence-corrected chi connectivity index (χ1v) is 9.45. The molecule has 0 aliphatic heterocycles. The van der Waals surface area contributed by atoms with Crippen LogP contribution in [-0.4, -0.2) is 15.5 Å². The van der Waals surface area contributed by atoms with Crippen molar-refractivity contribution in [3.63, 3.8) is 0 Å². The highest BCUT2D eigenvalue weighted by atomic mass is 16.2. The zero-order valence-corrected chi connectivity index (χ0v) is 17.4. The van der Waals surface area contributed by atoms with E-state index in [0.29, 0.717) is 29.0 Å². The second kappa shape index (κ2) is 7.23. The Balaban J connectivity index is 2.06. The number of carbonyl (C=O) groups excluding carboxylic acids is 1. The van der Waals surface area contributed by atoms with Gasteiger partial charge < -0.3 is 5.32 Å². The lowest BCUT2D eigenvalue weighted by atomic mass is 9.95. The molecule has 146 valence electrons. The summed E-state index contributed by atoms with van der Waals surface area (Å²) in [5.74, 6) is 0.576. The molecule has 0 unspecified atom stereocenters. The molecular formula is C23H27N3O2. The predicted molar refractivity (Wildman–Crippen MR) is 114 cm³/mol. The Morgan fingerprint density at radius 3 is 2.46 bits per heavy atom. The van der Waals surface area contributed by atoms with Gasteiger partial charge in [-0.15, -0.1) is 0 Å². The van der Waals surface area contributed by atoms with Gasteiger partial charge in [-0.3, -0.25) is 14.2 Å². The molecule has 0 fully saturated rings. The molecule has 1 aromatic heterocycles. The van der Waals surface area contributed by atoms with Crippen molar-refractivity contribution in [2.45, 2.75) is 48.1 Å². The van der Waals surface area contributed by atoms with Crippen LogP contribution < -0.4 is 10.9 Å². The number of hydrogen-bond donors (Lipinski definition) is 1. The number of nitrogens with one attached hydrogen (secondary N) is 1. The highest BCUT2D eigenvalue weighted by Crippen LogP contribution is 2.20. The Morgan fingerprint density at radius 1 is 1.07 bits per heavy atom. The number of aromatic nitrogens is 2. The summed E-state index contributed by atoms with van der Waals surface area (Å²) >= 11 is 0. The van der Waals surface area contributed by atoms with Gasteiger partial charge in [0.05, 0.1) is 17.4 Å². The lowest BCUT2D eigenvalue weighted by Gasteiger charge is -2.18. The van der Waals surface area contributed by atoms with Crippen LogP contribution in [0.25, 0.3) is 10.9 Å². The molecule has 1 amide bonds. The van der Waals surface area contributed by atoms with Gasteiger partial charge in [0, 0.05) is 11.1 Å². The van der Waals surface area contributed by atoms with Crippen LogP contribution in [0, 0.1) is 26.2 Å². The van der Waals surface area contributed by atoms with E-state index < -0.39 is 5.41 Å². The first-order chi connectivity index (χ1) is 13.1. The third kappa shape index (κ3) is 3.98. The topological polar surface area (TPSA) is 64.0 Å². The molecule has 5 nitrogen and oxygen atoms in total. The summed E-state index contributed by atoms with van der Waals surface area (Å²) < 4.78 is 1.69. The summed E-state index contributed by atoms with van der Waals surface area (Å²) in [6.45, 7) is 12.0. The lowest BCUT2D eigenvalue weighted by molar-refractivity contribution is -0.123. The Labute approximate surface area is 165 Å². The summed E-state index contributed by atoms with van der Waals surface area (Å²) in [4.78, 5) is 30.1. The van der Waals surface area contributed by atoms with Crippen LogP contribution in [0.4, 0.5) is 5.69 Å². The fraction of sp³-hybridized carbons (Fsp3) is 0.348. The molecule has 0 bridgehead atoms. The number of anilines is 1. The van der Waals surface area contributed by atoms with Gasteiger partial charge in [-0.05, 0) is 50.1 Å². The van der Waals surface area contributed by atoms with Crippen molar-refractivity contribution in [2.24, 2.45) is 5.41 Å². The van der Waals surface area contributed by atoms with Crippen molar-refractivity contribution in [3.8, 4) is 0 Å². The van der Waals surface area contributed by atoms with Gasteiger partial charge in [0.1, 0.15) is 5.82 Å². The van der Waals surface area contributed by atoms with E-state index in [0.717, 1.165) is 16.7 Å². The summed E-state index contributed by atoms with van der Waals surface area (Å²) in [5.41, 5.74) is 4.03. The maximum absolute atomic E-state index is 13.2. The molecule has 0 atom stereocenters. The van der Waals surface area contributed by atoms with Crippen molar-refractivity contribution in [1.82, 2.24) is 9.55 Å². The third-order valence-electron chi connectivity index (χ3n) is 4.92. The van der Waals surface area contributed by atoms with Gasteiger partial charge in [0.25, 0.3) is 5.56 Å². The maximum atomic E-state index is 13.2. The minimum absolute atomic E-state index is 0.0948. The molecule has 0 aliphatic carbocycles. The molecule has 0 saturated carbocycles. The van der Waals surface area contributed by atoms with E-state index in [1.807, 2.05) is 41.5 Å². The van der Waals surface area contributed by atoms with Crippen LogP contribution in [0.5, 0.6) is 0 Å². The molecular weight excluding hydrogens is 350 g/mol. The molecule has 0 radical (unpaired) electrons. The molecule has 5 heteroatoms. The van der Waals surface area contributed by atoms with Gasteiger partial charge in [-0.2, -0.15) is 0 Å². The van der Waals surface area contributed by atoms with Crippen molar-refractivity contribution in [2.75, 3.05) is 5.32 Å². The van der Waals surface area contributed by atoms with E-state index in [1.54, 1.807) is 22.8 Å². The van der Waals surface area contributed by atoms with E-state index in [1.165, 1.54) is 0 Å². The highest BCUT2D eigenvalue weighted by molar-refractivity contribution is 5.96. The highest BCUT2D eigenvalue weighted by Gasteiger charge is 2.21. The van der Waals surface area contributed by atoms with Gasteiger partial charge >= 0.3 is 0 Å². The Hall–Kier alpha value is -2.95. The first kappa shape index (κ1) is 19.8. The SMILES string of the molecule is Cc1ccc(C)c(Cn2c(C)nc3ccc(NC(=O)C(C)(C)C)cc3c2=O)c1. The minimum Gasteiger partial charge on any atom is -0.326 e. The van der Waals surface area contributed by atoms with Crippen LogP contribution in [0.15, 0.2) is 41.2 Å². The largest absolute Gasteiger partial charge is 0.326 e. The summed E-state index contributed by atoms with van der Waals surface area (Å²) in [6, 6.07) is 11.5. The summed E-state index contributed by atoms with van der Waals surface area (Å²) in [6.07, 6.45) is 0. The average Bonchev–Trinajstić information content (AvgIpc) is 2.61. The van der Waals surface area contributed by atoms with Crippen molar-refractivity contribution in [1.29, 1.82) is 0 Å². The van der Waals surface area contributed by atoms with Crippen molar-refractivity contribution < 1.29 is 4.79 Å². The average molecular weight is 377 g/mol. The fourth-order valence-electron chi connectivity index (χ4n) is 3.06.